The average Bonchev–Trinajstić information content (AvgIpc) is 1.83. The Hall–Kier alpha value is 0.310. The summed E-state index contributed by atoms with van der Waals surface area (Å²) in [6.45, 7) is 4.49. The van der Waals surface area contributed by atoms with Crippen molar-refractivity contribution in [2.24, 2.45) is 17.6 Å². The Morgan fingerprint density at radius 2 is 1.67 bits per heavy atom. The Balaban J connectivity index is 2.41. The molecule has 1 aliphatic rings. The maximum Gasteiger partial charge on any atom is 0.0106 e. The van der Waals surface area contributed by atoms with Gasteiger partial charge in [0, 0.05) is 6.04 Å². The summed E-state index contributed by atoms with van der Waals surface area (Å²) in [5.74, 6) is 3.95. The molecule has 1 heterocycles. The van der Waals surface area contributed by atoms with E-state index in [0.29, 0.717) is 6.04 Å². The summed E-state index contributed by atoms with van der Waals surface area (Å²) in [4.78, 5) is 0. The number of rotatable bonds is 0. The van der Waals surface area contributed by atoms with Crippen LogP contribution in [-0.4, -0.2) is 17.5 Å². The molecule has 1 rings (SSSR count). The van der Waals surface area contributed by atoms with Gasteiger partial charge < -0.3 is 5.73 Å². The summed E-state index contributed by atoms with van der Waals surface area (Å²) in [6.07, 6.45) is 0. The molecule has 0 radical (unpaired) electrons. The Bertz CT molecular complexity index is 84.9. The minimum absolute atomic E-state index is 0.450. The lowest BCUT2D eigenvalue weighted by Gasteiger charge is -2.30. The van der Waals surface area contributed by atoms with Crippen LogP contribution in [0.15, 0.2) is 0 Å². The highest BCUT2D eigenvalue weighted by atomic mass is 32.2. The van der Waals surface area contributed by atoms with E-state index in [2.05, 4.69) is 13.8 Å². The third kappa shape index (κ3) is 1.62. The van der Waals surface area contributed by atoms with Crippen molar-refractivity contribution >= 4 is 11.8 Å². The van der Waals surface area contributed by atoms with Gasteiger partial charge in [0.15, 0.2) is 0 Å². The normalized spacial score (nSPS) is 45.0. The number of thioether (sulfide) groups is 1. The van der Waals surface area contributed by atoms with Crippen molar-refractivity contribution in [2.75, 3.05) is 11.5 Å². The molecule has 0 amide bonds. The van der Waals surface area contributed by atoms with E-state index in [1.807, 2.05) is 11.8 Å². The third-order valence-electron chi connectivity index (χ3n) is 2.08. The van der Waals surface area contributed by atoms with Crippen molar-refractivity contribution in [3.63, 3.8) is 0 Å². The number of nitrogens with two attached hydrogens (primary N) is 1. The minimum Gasteiger partial charge on any atom is -0.327 e. The van der Waals surface area contributed by atoms with Gasteiger partial charge >= 0.3 is 0 Å². The second-order valence-electron chi connectivity index (χ2n) is 3.07. The highest BCUT2D eigenvalue weighted by molar-refractivity contribution is 7.99. The van der Waals surface area contributed by atoms with Crippen LogP contribution in [0.1, 0.15) is 13.8 Å². The monoisotopic (exact) mass is 145 g/mol. The molecule has 1 aliphatic heterocycles. The Labute approximate surface area is 61.4 Å². The smallest absolute Gasteiger partial charge is 0.0106 e. The first-order valence-corrected chi connectivity index (χ1v) is 4.70. The summed E-state index contributed by atoms with van der Waals surface area (Å²) in [5, 5.41) is 0. The highest BCUT2D eigenvalue weighted by Gasteiger charge is 2.23. The van der Waals surface area contributed by atoms with Crippen LogP contribution < -0.4 is 5.73 Å². The van der Waals surface area contributed by atoms with Crippen molar-refractivity contribution < 1.29 is 0 Å². The lowest BCUT2D eigenvalue weighted by Crippen LogP contribution is -2.40. The lowest BCUT2D eigenvalue weighted by atomic mass is 9.94. The first kappa shape index (κ1) is 7.42. The molecule has 3 atom stereocenters. The molecule has 1 saturated heterocycles. The Kier molecular flexibility index (Phi) is 2.42. The standard InChI is InChI=1S/C7H15NS/c1-5-3-9-4-6(2)7(5)8/h5-7H,3-4,8H2,1-2H3/t5-,6+,7?. The van der Waals surface area contributed by atoms with Gasteiger partial charge in [-0.05, 0) is 23.3 Å². The summed E-state index contributed by atoms with van der Waals surface area (Å²) in [7, 11) is 0. The van der Waals surface area contributed by atoms with Gasteiger partial charge in [-0.3, -0.25) is 0 Å². The molecular weight excluding hydrogens is 130 g/mol. The van der Waals surface area contributed by atoms with Crippen molar-refractivity contribution in [2.45, 2.75) is 19.9 Å². The van der Waals surface area contributed by atoms with Crippen molar-refractivity contribution in [3.05, 3.63) is 0 Å². The van der Waals surface area contributed by atoms with Crippen LogP contribution in [0.5, 0.6) is 0 Å². The van der Waals surface area contributed by atoms with Gasteiger partial charge in [-0.15, -0.1) is 0 Å². The summed E-state index contributed by atoms with van der Waals surface area (Å²) in [5.41, 5.74) is 5.91. The van der Waals surface area contributed by atoms with E-state index < -0.39 is 0 Å². The molecule has 0 spiro atoms. The van der Waals surface area contributed by atoms with Crippen molar-refractivity contribution in [1.82, 2.24) is 0 Å². The number of hydrogen-bond acceptors (Lipinski definition) is 2. The highest BCUT2D eigenvalue weighted by Crippen LogP contribution is 2.25. The van der Waals surface area contributed by atoms with Crippen LogP contribution in [-0.2, 0) is 0 Å². The zero-order valence-electron chi connectivity index (χ0n) is 6.13. The van der Waals surface area contributed by atoms with Gasteiger partial charge in [0.1, 0.15) is 0 Å². The second kappa shape index (κ2) is 2.93. The lowest BCUT2D eigenvalue weighted by molar-refractivity contribution is 0.384. The largest absolute Gasteiger partial charge is 0.327 e. The predicted molar refractivity (Wildman–Crippen MR) is 43.6 cm³/mol. The van der Waals surface area contributed by atoms with E-state index in [9.17, 15) is 0 Å². The molecule has 9 heavy (non-hydrogen) atoms. The Morgan fingerprint density at radius 1 is 1.22 bits per heavy atom. The molecule has 0 aromatic carbocycles. The molecule has 54 valence electrons. The molecule has 2 heteroatoms. The SMILES string of the molecule is C[C@@H]1CSC[C@H](C)C1N. The molecule has 2 N–H and O–H groups in total. The first-order valence-electron chi connectivity index (χ1n) is 3.55. The van der Waals surface area contributed by atoms with Crippen molar-refractivity contribution in [3.8, 4) is 0 Å². The van der Waals surface area contributed by atoms with Gasteiger partial charge in [-0.25, -0.2) is 0 Å². The fourth-order valence-corrected chi connectivity index (χ4v) is 2.55. The molecule has 1 unspecified atom stereocenters. The van der Waals surface area contributed by atoms with Crippen LogP contribution >= 0.6 is 11.8 Å². The third-order valence-corrected chi connectivity index (χ3v) is 3.60. The predicted octanol–water partition coefficient (Wildman–Crippen LogP) is 1.33. The summed E-state index contributed by atoms with van der Waals surface area (Å²) >= 11 is 2.03. The molecular formula is C7H15NS. The molecule has 0 aromatic heterocycles. The van der Waals surface area contributed by atoms with Crippen molar-refractivity contribution in [1.29, 1.82) is 0 Å². The van der Waals surface area contributed by atoms with Crippen LogP contribution in [0.4, 0.5) is 0 Å². The van der Waals surface area contributed by atoms with E-state index >= 15 is 0 Å². The van der Waals surface area contributed by atoms with Crippen LogP contribution in [0.25, 0.3) is 0 Å². The van der Waals surface area contributed by atoms with Gasteiger partial charge in [0.25, 0.3) is 0 Å². The Morgan fingerprint density at radius 3 is 2.00 bits per heavy atom. The minimum atomic E-state index is 0.450. The van der Waals surface area contributed by atoms with Gasteiger partial charge in [-0.2, -0.15) is 11.8 Å². The summed E-state index contributed by atoms with van der Waals surface area (Å²) in [6, 6.07) is 0.450. The molecule has 0 saturated carbocycles. The van der Waals surface area contributed by atoms with E-state index in [1.54, 1.807) is 0 Å². The van der Waals surface area contributed by atoms with Gasteiger partial charge in [0.05, 0.1) is 0 Å². The quantitative estimate of drug-likeness (QED) is 0.556. The maximum absolute atomic E-state index is 5.91. The van der Waals surface area contributed by atoms with Crippen LogP contribution in [0.3, 0.4) is 0 Å². The van der Waals surface area contributed by atoms with E-state index in [0.717, 1.165) is 11.8 Å². The van der Waals surface area contributed by atoms with Crippen LogP contribution in [0.2, 0.25) is 0 Å². The van der Waals surface area contributed by atoms with E-state index in [1.165, 1.54) is 11.5 Å². The zero-order valence-corrected chi connectivity index (χ0v) is 6.95. The van der Waals surface area contributed by atoms with Crippen LogP contribution in [0, 0.1) is 11.8 Å². The molecule has 0 aliphatic carbocycles. The average molecular weight is 145 g/mol. The van der Waals surface area contributed by atoms with E-state index in [-0.39, 0.29) is 0 Å². The maximum atomic E-state index is 5.91. The molecule has 1 fully saturated rings. The molecule has 0 bridgehead atoms. The zero-order chi connectivity index (χ0) is 6.85. The summed E-state index contributed by atoms with van der Waals surface area (Å²) < 4.78 is 0. The van der Waals surface area contributed by atoms with Gasteiger partial charge in [0.2, 0.25) is 0 Å². The second-order valence-corrected chi connectivity index (χ2v) is 4.14. The fraction of sp³-hybridized carbons (Fsp3) is 1.00. The fourth-order valence-electron chi connectivity index (χ4n) is 1.22. The van der Waals surface area contributed by atoms with Gasteiger partial charge in [-0.1, -0.05) is 13.8 Å². The first-order chi connectivity index (χ1) is 4.22. The number of hydrogen-bond donors (Lipinski definition) is 1. The molecule has 0 aromatic rings. The van der Waals surface area contributed by atoms with E-state index in [4.69, 9.17) is 5.73 Å². The topological polar surface area (TPSA) is 26.0 Å². The molecule has 1 nitrogen and oxygen atoms in total.